The Morgan fingerprint density at radius 3 is 2.47 bits per heavy atom. The average Bonchev–Trinajstić information content (AvgIpc) is 2.21. The van der Waals surface area contributed by atoms with Crippen molar-refractivity contribution in [2.24, 2.45) is 0 Å². The largest absolute Gasteiger partial charge is 0.453 e. The quantitative estimate of drug-likeness (QED) is 0.362. The van der Waals surface area contributed by atoms with Crippen LogP contribution in [0.15, 0.2) is 0 Å². The lowest BCUT2D eigenvalue weighted by Gasteiger charge is -2.05. The number of methoxy groups -OCH3 is 1. The van der Waals surface area contributed by atoms with Gasteiger partial charge in [-0.15, -0.1) is 0 Å². The zero-order valence-corrected chi connectivity index (χ0v) is 8.45. The molecule has 0 bridgehead atoms. The van der Waals surface area contributed by atoms with E-state index in [0.717, 1.165) is 0 Å². The molecule has 7 heteroatoms. The molecule has 0 unspecified atom stereocenters. The van der Waals surface area contributed by atoms with Crippen LogP contribution in [-0.2, 0) is 19.0 Å². The van der Waals surface area contributed by atoms with Crippen molar-refractivity contribution >= 4 is 12.1 Å². The first-order chi connectivity index (χ1) is 7.16. The molecule has 0 heterocycles. The maximum Gasteiger partial charge on any atom is 0.408 e. The van der Waals surface area contributed by atoms with Crippen molar-refractivity contribution in [2.45, 2.75) is 6.42 Å². The Kier molecular flexibility index (Phi) is 8.59. The Morgan fingerprint density at radius 2 is 1.87 bits per heavy atom. The summed E-state index contributed by atoms with van der Waals surface area (Å²) < 4.78 is 25.7. The molecule has 1 N–H and O–H groups in total. The lowest BCUT2D eigenvalue weighted by molar-refractivity contribution is -0.130. The smallest absolute Gasteiger partial charge is 0.408 e. The Labute approximate surface area is 86.7 Å². The Hall–Kier alpha value is -1.21. The van der Waals surface area contributed by atoms with Crippen LogP contribution >= 0.6 is 0 Å². The SMILES string of the molecule is COC(=O)NCOCCOCCC(=O)F. The van der Waals surface area contributed by atoms with Gasteiger partial charge in [0.2, 0.25) is 0 Å². The lowest BCUT2D eigenvalue weighted by Crippen LogP contribution is -2.26. The highest BCUT2D eigenvalue weighted by atomic mass is 19.1. The predicted molar refractivity (Wildman–Crippen MR) is 47.9 cm³/mol. The van der Waals surface area contributed by atoms with Crippen LogP contribution in [0.1, 0.15) is 6.42 Å². The van der Waals surface area contributed by atoms with Gasteiger partial charge in [-0.3, -0.25) is 10.1 Å². The molecule has 0 saturated heterocycles. The van der Waals surface area contributed by atoms with Crippen LogP contribution < -0.4 is 5.32 Å². The first-order valence-electron chi connectivity index (χ1n) is 4.32. The number of carbonyl (C=O) groups is 2. The highest BCUT2D eigenvalue weighted by Crippen LogP contribution is 1.86. The van der Waals surface area contributed by atoms with Crippen molar-refractivity contribution in [1.82, 2.24) is 5.32 Å². The third kappa shape index (κ3) is 10.7. The van der Waals surface area contributed by atoms with E-state index in [1.165, 1.54) is 7.11 Å². The fraction of sp³-hybridized carbons (Fsp3) is 0.750. The molecule has 6 nitrogen and oxygen atoms in total. The third-order valence-corrected chi connectivity index (χ3v) is 1.32. The molecular weight excluding hydrogens is 209 g/mol. The van der Waals surface area contributed by atoms with Gasteiger partial charge in [-0.1, -0.05) is 0 Å². The molecule has 0 spiro atoms. The maximum absolute atomic E-state index is 11.6. The zero-order chi connectivity index (χ0) is 11.5. The van der Waals surface area contributed by atoms with Crippen LogP contribution in [0, 0.1) is 0 Å². The molecule has 0 aliphatic rings. The average molecular weight is 223 g/mol. The Bertz CT molecular complexity index is 199. The normalized spacial score (nSPS) is 9.73. The summed E-state index contributed by atoms with van der Waals surface area (Å²) in [6, 6.07) is -1.40. The van der Waals surface area contributed by atoms with Crippen LogP contribution in [0.4, 0.5) is 9.18 Å². The summed E-state index contributed by atoms with van der Waals surface area (Å²) in [6.07, 6.45) is -0.834. The van der Waals surface area contributed by atoms with E-state index >= 15 is 0 Å². The topological polar surface area (TPSA) is 73.9 Å². The van der Waals surface area contributed by atoms with Gasteiger partial charge in [0, 0.05) is 0 Å². The fourth-order valence-electron chi connectivity index (χ4n) is 0.627. The molecular formula is C8H14FNO5. The summed E-state index contributed by atoms with van der Waals surface area (Å²) in [5.74, 6) is 0. The van der Waals surface area contributed by atoms with Gasteiger partial charge in [0.25, 0.3) is 0 Å². The summed E-state index contributed by atoms with van der Waals surface area (Å²) in [4.78, 5) is 20.3. The van der Waals surface area contributed by atoms with E-state index in [1.807, 2.05) is 0 Å². The first kappa shape index (κ1) is 13.8. The van der Waals surface area contributed by atoms with Crippen LogP contribution in [0.2, 0.25) is 0 Å². The number of ether oxygens (including phenoxy) is 3. The molecule has 0 fully saturated rings. The molecule has 0 aliphatic carbocycles. The summed E-state index contributed by atoms with van der Waals surface area (Å²) in [5, 5.41) is 2.29. The number of hydrogen-bond donors (Lipinski definition) is 1. The van der Waals surface area contributed by atoms with Crippen molar-refractivity contribution in [3.05, 3.63) is 0 Å². The number of halogens is 1. The predicted octanol–water partition coefficient (Wildman–Crippen LogP) is 0.219. The summed E-state index contributed by atoms with van der Waals surface area (Å²) >= 11 is 0. The molecule has 0 rings (SSSR count). The van der Waals surface area contributed by atoms with Crippen molar-refractivity contribution in [2.75, 3.05) is 33.7 Å². The van der Waals surface area contributed by atoms with E-state index in [2.05, 4.69) is 10.1 Å². The van der Waals surface area contributed by atoms with Crippen molar-refractivity contribution < 1.29 is 28.2 Å². The maximum atomic E-state index is 11.6. The van der Waals surface area contributed by atoms with Gasteiger partial charge in [-0.25, -0.2) is 4.79 Å². The number of nitrogens with one attached hydrogen (secondary N) is 1. The minimum absolute atomic E-state index is 0.0120. The molecule has 15 heavy (non-hydrogen) atoms. The molecule has 0 saturated carbocycles. The highest BCUT2D eigenvalue weighted by Gasteiger charge is 1.98. The molecule has 1 amide bonds. The second-order valence-electron chi connectivity index (χ2n) is 2.44. The van der Waals surface area contributed by atoms with Crippen LogP contribution in [0.3, 0.4) is 0 Å². The second kappa shape index (κ2) is 9.35. The van der Waals surface area contributed by atoms with Gasteiger partial charge in [0.05, 0.1) is 33.4 Å². The van der Waals surface area contributed by atoms with Crippen LogP contribution in [0.25, 0.3) is 0 Å². The monoisotopic (exact) mass is 223 g/mol. The lowest BCUT2D eigenvalue weighted by atomic mass is 10.5. The highest BCUT2D eigenvalue weighted by molar-refractivity contribution is 5.67. The summed E-state index contributed by atoms with van der Waals surface area (Å²) in [5.41, 5.74) is 0. The first-order valence-corrected chi connectivity index (χ1v) is 4.32. The van der Waals surface area contributed by atoms with Gasteiger partial charge in [-0.05, 0) is 0 Å². The van der Waals surface area contributed by atoms with Crippen molar-refractivity contribution in [1.29, 1.82) is 0 Å². The molecule has 0 aromatic rings. The minimum Gasteiger partial charge on any atom is -0.453 e. The second-order valence-corrected chi connectivity index (χ2v) is 2.44. The van der Waals surface area contributed by atoms with E-state index in [0.29, 0.717) is 0 Å². The van der Waals surface area contributed by atoms with E-state index in [4.69, 9.17) is 9.47 Å². The van der Waals surface area contributed by atoms with Gasteiger partial charge in [0.1, 0.15) is 6.73 Å². The number of alkyl carbamates (subject to hydrolysis) is 1. The number of amides is 1. The minimum atomic E-state index is -1.40. The van der Waals surface area contributed by atoms with Gasteiger partial charge < -0.3 is 14.2 Å². The standard InChI is InChI=1S/C8H14FNO5/c1-13-8(12)10-6-15-5-4-14-3-2-7(9)11/h2-6H2,1H3,(H,10,12). The van der Waals surface area contributed by atoms with E-state index in [1.54, 1.807) is 0 Å². The zero-order valence-electron chi connectivity index (χ0n) is 8.45. The van der Waals surface area contributed by atoms with Crippen molar-refractivity contribution in [3.63, 3.8) is 0 Å². The molecule has 0 aromatic heterocycles. The molecule has 0 aromatic carbocycles. The third-order valence-electron chi connectivity index (χ3n) is 1.32. The van der Waals surface area contributed by atoms with E-state index < -0.39 is 12.1 Å². The number of carbonyl (C=O) groups excluding carboxylic acids is 2. The van der Waals surface area contributed by atoms with E-state index in [9.17, 15) is 14.0 Å². The summed E-state index contributed by atoms with van der Waals surface area (Å²) in [6.45, 7) is 0.516. The number of rotatable bonds is 8. The van der Waals surface area contributed by atoms with Crippen molar-refractivity contribution in [3.8, 4) is 0 Å². The van der Waals surface area contributed by atoms with Gasteiger partial charge >= 0.3 is 12.1 Å². The Morgan fingerprint density at radius 1 is 1.20 bits per heavy atom. The summed E-state index contributed by atoms with van der Waals surface area (Å²) in [7, 11) is 1.24. The fourth-order valence-corrected chi connectivity index (χ4v) is 0.627. The number of hydrogen-bond acceptors (Lipinski definition) is 5. The molecule has 0 atom stereocenters. The van der Waals surface area contributed by atoms with Gasteiger partial charge in [0.15, 0.2) is 0 Å². The van der Waals surface area contributed by atoms with E-state index in [-0.39, 0.29) is 33.0 Å². The Balaban J connectivity index is 3.05. The molecule has 0 radical (unpaired) electrons. The van der Waals surface area contributed by atoms with Gasteiger partial charge in [-0.2, -0.15) is 4.39 Å². The van der Waals surface area contributed by atoms with Crippen LogP contribution in [-0.4, -0.2) is 45.8 Å². The molecule has 0 aliphatic heterocycles. The van der Waals surface area contributed by atoms with Crippen LogP contribution in [0.5, 0.6) is 0 Å². The molecule has 88 valence electrons.